The molecule has 1 aliphatic rings. The van der Waals surface area contributed by atoms with Gasteiger partial charge in [-0.25, -0.2) is 4.99 Å². The Morgan fingerprint density at radius 1 is 1.47 bits per heavy atom. The van der Waals surface area contributed by atoms with E-state index in [2.05, 4.69) is 4.99 Å². The van der Waals surface area contributed by atoms with Crippen molar-refractivity contribution in [1.82, 2.24) is 4.90 Å². The van der Waals surface area contributed by atoms with E-state index in [4.69, 9.17) is 4.74 Å². The normalized spacial score (nSPS) is 17.0. The molecule has 0 saturated heterocycles. The number of methoxy groups -OCH3 is 1. The standard InChI is InChI=1S/C13H14N2O3S/c1-15-12(17)9(14-13(15)19-3)6-8-4-5-10(16)11(7-8)18-2/h4-7,16H,1-3H3/b9-6-. The van der Waals surface area contributed by atoms with E-state index in [0.717, 1.165) is 5.56 Å². The zero-order chi connectivity index (χ0) is 14.0. The van der Waals surface area contributed by atoms with Gasteiger partial charge in [0.25, 0.3) is 5.91 Å². The van der Waals surface area contributed by atoms with Gasteiger partial charge in [0, 0.05) is 7.05 Å². The number of hydrogen-bond acceptors (Lipinski definition) is 5. The number of aromatic hydroxyl groups is 1. The lowest BCUT2D eigenvalue weighted by Gasteiger charge is -2.07. The van der Waals surface area contributed by atoms with Gasteiger partial charge in [0.15, 0.2) is 16.7 Å². The fourth-order valence-corrected chi connectivity index (χ4v) is 2.25. The van der Waals surface area contributed by atoms with Crippen molar-refractivity contribution in [1.29, 1.82) is 0 Å². The van der Waals surface area contributed by atoms with Crippen LogP contribution in [0.5, 0.6) is 11.5 Å². The van der Waals surface area contributed by atoms with Gasteiger partial charge in [-0.2, -0.15) is 0 Å². The molecule has 100 valence electrons. The number of hydrogen-bond donors (Lipinski definition) is 1. The number of carbonyl (C=O) groups is 1. The summed E-state index contributed by atoms with van der Waals surface area (Å²) >= 11 is 1.42. The van der Waals surface area contributed by atoms with Crippen molar-refractivity contribution < 1.29 is 14.6 Å². The molecule has 0 bridgehead atoms. The molecule has 1 aromatic rings. The third-order valence-electron chi connectivity index (χ3n) is 2.72. The van der Waals surface area contributed by atoms with Crippen LogP contribution in [0.2, 0.25) is 0 Å². The molecular formula is C13H14N2O3S. The molecule has 0 radical (unpaired) electrons. The molecule has 0 unspecified atom stereocenters. The van der Waals surface area contributed by atoms with Crippen LogP contribution in [0.1, 0.15) is 5.56 Å². The lowest BCUT2D eigenvalue weighted by Crippen LogP contribution is -2.25. The zero-order valence-corrected chi connectivity index (χ0v) is 11.7. The van der Waals surface area contributed by atoms with Crippen LogP contribution in [0.25, 0.3) is 6.08 Å². The molecule has 19 heavy (non-hydrogen) atoms. The van der Waals surface area contributed by atoms with Crippen LogP contribution in [-0.2, 0) is 4.79 Å². The molecule has 6 heteroatoms. The second kappa shape index (κ2) is 5.36. The summed E-state index contributed by atoms with van der Waals surface area (Å²) in [5.41, 5.74) is 1.12. The summed E-state index contributed by atoms with van der Waals surface area (Å²) in [6, 6.07) is 4.88. The summed E-state index contributed by atoms with van der Waals surface area (Å²) in [6.45, 7) is 0. The number of carbonyl (C=O) groups excluding carboxylic acids is 1. The van der Waals surface area contributed by atoms with Gasteiger partial charge in [-0.1, -0.05) is 17.8 Å². The number of amides is 1. The van der Waals surface area contributed by atoms with Crippen LogP contribution in [0.15, 0.2) is 28.9 Å². The predicted molar refractivity (Wildman–Crippen MR) is 76.4 cm³/mol. The van der Waals surface area contributed by atoms with Crippen LogP contribution >= 0.6 is 11.8 Å². The largest absolute Gasteiger partial charge is 0.504 e. The maximum atomic E-state index is 11.9. The van der Waals surface area contributed by atoms with Crippen molar-refractivity contribution in [2.75, 3.05) is 20.4 Å². The molecule has 0 atom stereocenters. The van der Waals surface area contributed by atoms with E-state index < -0.39 is 0 Å². The highest BCUT2D eigenvalue weighted by Gasteiger charge is 2.26. The van der Waals surface area contributed by atoms with Crippen LogP contribution in [0.3, 0.4) is 0 Å². The summed E-state index contributed by atoms with van der Waals surface area (Å²) in [5, 5.41) is 10.2. The van der Waals surface area contributed by atoms with E-state index in [-0.39, 0.29) is 11.7 Å². The average Bonchev–Trinajstić information content (AvgIpc) is 2.68. The van der Waals surface area contributed by atoms with Crippen LogP contribution < -0.4 is 4.74 Å². The van der Waals surface area contributed by atoms with Gasteiger partial charge in [0.2, 0.25) is 0 Å². The minimum Gasteiger partial charge on any atom is -0.504 e. The molecular weight excluding hydrogens is 264 g/mol. The first-order chi connectivity index (χ1) is 9.06. The smallest absolute Gasteiger partial charge is 0.278 e. The topological polar surface area (TPSA) is 62.1 Å². The second-order valence-corrected chi connectivity index (χ2v) is 4.70. The number of benzene rings is 1. The lowest BCUT2D eigenvalue weighted by atomic mass is 10.1. The van der Waals surface area contributed by atoms with Crippen LogP contribution in [-0.4, -0.2) is 41.5 Å². The Kier molecular flexibility index (Phi) is 3.80. The van der Waals surface area contributed by atoms with Gasteiger partial charge in [-0.15, -0.1) is 0 Å². The summed E-state index contributed by atoms with van der Waals surface area (Å²) in [6.07, 6.45) is 3.54. The highest BCUT2D eigenvalue weighted by molar-refractivity contribution is 8.13. The average molecular weight is 278 g/mol. The Morgan fingerprint density at radius 3 is 2.79 bits per heavy atom. The number of amidine groups is 1. The van der Waals surface area contributed by atoms with Crippen molar-refractivity contribution in [2.24, 2.45) is 4.99 Å². The minimum absolute atomic E-state index is 0.0628. The molecule has 1 heterocycles. The van der Waals surface area contributed by atoms with Crippen molar-refractivity contribution in [3.8, 4) is 11.5 Å². The van der Waals surface area contributed by atoms with E-state index >= 15 is 0 Å². The number of thioether (sulfide) groups is 1. The van der Waals surface area contributed by atoms with E-state index in [1.54, 1.807) is 25.3 Å². The molecule has 1 aliphatic heterocycles. The predicted octanol–water partition coefficient (Wildman–Crippen LogP) is 1.93. The Labute approximate surface area is 115 Å². The maximum Gasteiger partial charge on any atom is 0.278 e. The number of ether oxygens (including phenoxy) is 1. The van der Waals surface area contributed by atoms with E-state index in [1.165, 1.54) is 29.8 Å². The lowest BCUT2D eigenvalue weighted by molar-refractivity contribution is -0.121. The third-order valence-corrected chi connectivity index (χ3v) is 3.45. The van der Waals surface area contributed by atoms with Crippen LogP contribution in [0.4, 0.5) is 0 Å². The second-order valence-electron chi connectivity index (χ2n) is 3.92. The third kappa shape index (κ3) is 2.58. The highest BCUT2D eigenvalue weighted by atomic mass is 32.2. The zero-order valence-electron chi connectivity index (χ0n) is 10.9. The first kappa shape index (κ1) is 13.5. The van der Waals surface area contributed by atoms with Crippen molar-refractivity contribution in [3.05, 3.63) is 29.5 Å². The highest BCUT2D eigenvalue weighted by Crippen LogP contribution is 2.28. The van der Waals surface area contributed by atoms with Gasteiger partial charge in [0.1, 0.15) is 5.70 Å². The van der Waals surface area contributed by atoms with Crippen molar-refractivity contribution in [3.63, 3.8) is 0 Å². The molecule has 2 rings (SSSR count). The fourth-order valence-electron chi connectivity index (χ4n) is 1.70. The number of aliphatic imine (C=N–C) groups is 1. The molecule has 0 spiro atoms. The number of rotatable bonds is 2. The van der Waals surface area contributed by atoms with E-state index in [9.17, 15) is 9.90 Å². The summed E-state index contributed by atoms with van der Waals surface area (Å²) < 4.78 is 5.03. The molecule has 0 fully saturated rings. The first-order valence-electron chi connectivity index (χ1n) is 5.56. The molecule has 0 aliphatic carbocycles. The Balaban J connectivity index is 2.37. The van der Waals surface area contributed by atoms with Gasteiger partial charge in [-0.3, -0.25) is 9.69 Å². The van der Waals surface area contributed by atoms with Crippen LogP contribution in [0, 0.1) is 0 Å². The van der Waals surface area contributed by atoms with Crippen molar-refractivity contribution >= 4 is 28.9 Å². The number of nitrogens with zero attached hydrogens (tertiary/aromatic N) is 2. The van der Waals surface area contributed by atoms with Gasteiger partial charge in [-0.05, 0) is 30.0 Å². The Bertz CT molecular complexity index is 581. The molecule has 5 nitrogen and oxygen atoms in total. The van der Waals surface area contributed by atoms with E-state index in [0.29, 0.717) is 16.6 Å². The molecule has 1 amide bonds. The maximum absolute atomic E-state index is 11.9. The SMILES string of the molecule is COc1cc(/C=C2\N=C(SC)N(C)C2=O)ccc1O. The van der Waals surface area contributed by atoms with Crippen molar-refractivity contribution in [2.45, 2.75) is 0 Å². The Morgan fingerprint density at radius 2 is 2.21 bits per heavy atom. The quantitative estimate of drug-likeness (QED) is 0.840. The first-order valence-corrected chi connectivity index (χ1v) is 6.78. The molecule has 1 N–H and O–H groups in total. The molecule has 0 saturated carbocycles. The number of likely N-dealkylation sites (N-methyl/N-ethyl adjacent to an activating group) is 1. The summed E-state index contributed by atoms with van der Waals surface area (Å²) in [5.74, 6) is 0.284. The summed E-state index contributed by atoms with van der Waals surface area (Å²) in [4.78, 5) is 17.7. The minimum atomic E-state index is -0.142. The van der Waals surface area contributed by atoms with E-state index in [1.807, 2.05) is 6.26 Å². The van der Waals surface area contributed by atoms with Gasteiger partial charge >= 0.3 is 0 Å². The number of phenolic OH excluding ortho intramolecular Hbond substituents is 1. The van der Waals surface area contributed by atoms with Gasteiger partial charge in [0.05, 0.1) is 7.11 Å². The Hall–Kier alpha value is -1.95. The molecule has 1 aromatic carbocycles. The van der Waals surface area contributed by atoms with Gasteiger partial charge < -0.3 is 9.84 Å². The summed E-state index contributed by atoms with van der Waals surface area (Å²) in [7, 11) is 3.17. The number of phenols is 1. The molecule has 0 aromatic heterocycles. The monoisotopic (exact) mass is 278 g/mol. The fraction of sp³-hybridized carbons (Fsp3) is 0.231.